The van der Waals surface area contributed by atoms with Gasteiger partial charge in [-0.15, -0.1) is 0 Å². The molecule has 0 radical (unpaired) electrons. The lowest BCUT2D eigenvalue weighted by Crippen LogP contribution is -2.41. The summed E-state index contributed by atoms with van der Waals surface area (Å²) in [7, 11) is -0.461. The van der Waals surface area contributed by atoms with E-state index in [-0.39, 0.29) is 11.2 Å². The van der Waals surface area contributed by atoms with Crippen molar-refractivity contribution in [2.75, 3.05) is 6.61 Å². The highest BCUT2D eigenvalue weighted by Crippen LogP contribution is 2.37. The Morgan fingerprint density at radius 1 is 1.14 bits per heavy atom. The van der Waals surface area contributed by atoms with E-state index in [4.69, 9.17) is 25.6 Å². The number of ether oxygens (including phenoxy) is 1. The summed E-state index contributed by atoms with van der Waals surface area (Å²) in [6.45, 7) is 10.9. The van der Waals surface area contributed by atoms with Crippen molar-refractivity contribution in [3.8, 4) is 5.75 Å². The number of halogens is 1. The van der Waals surface area contributed by atoms with Gasteiger partial charge in [0, 0.05) is 5.46 Å². The minimum Gasteiger partial charge on any atom is -0.492 e. The van der Waals surface area contributed by atoms with Crippen molar-refractivity contribution >= 4 is 24.2 Å². The molecule has 0 unspecified atom stereocenters. The molecule has 0 saturated carbocycles. The smallest absolute Gasteiger partial charge is 0.492 e. The molecule has 5 heteroatoms. The van der Waals surface area contributed by atoms with Crippen LogP contribution in [0.1, 0.15) is 47.5 Å². The second kappa shape index (κ2) is 6.19. The molecule has 0 spiro atoms. The van der Waals surface area contributed by atoms with E-state index >= 15 is 0 Å². The van der Waals surface area contributed by atoms with Crippen molar-refractivity contribution < 1.29 is 14.0 Å². The van der Waals surface area contributed by atoms with Crippen LogP contribution in [0.5, 0.6) is 5.75 Å². The lowest BCUT2D eigenvalue weighted by molar-refractivity contribution is 0.00578. The summed E-state index contributed by atoms with van der Waals surface area (Å²) >= 11 is 6.47. The van der Waals surface area contributed by atoms with E-state index in [2.05, 4.69) is 6.92 Å². The molecular weight excluding hydrogens is 286 g/mol. The Balaban J connectivity index is 2.20. The SMILES string of the molecule is CCCCOc1cccc(B2OC(C)(C)C(C)(C)O2)c1Cl. The maximum atomic E-state index is 6.47. The molecule has 1 aromatic rings. The first kappa shape index (κ1) is 16.7. The van der Waals surface area contributed by atoms with E-state index in [1.807, 2.05) is 45.9 Å². The van der Waals surface area contributed by atoms with Crippen LogP contribution in [0.4, 0.5) is 0 Å². The largest absolute Gasteiger partial charge is 0.496 e. The van der Waals surface area contributed by atoms with Gasteiger partial charge in [0.25, 0.3) is 0 Å². The number of unbranched alkanes of at least 4 members (excludes halogenated alkanes) is 1. The Labute approximate surface area is 133 Å². The van der Waals surface area contributed by atoms with Gasteiger partial charge in [-0.3, -0.25) is 0 Å². The molecular formula is C16H24BClO3. The molecule has 2 rings (SSSR count). The van der Waals surface area contributed by atoms with Crippen LogP contribution >= 0.6 is 11.6 Å². The molecule has 0 aromatic heterocycles. The molecule has 0 N–H and O–H groups in total. The minimum absolute atomic E-state index is 0.375. The summed E-state index contributed by atoms with van der Waals surface area (Å²) in [6.07, 6.45) is 2.10. The van der Waals surface area contributed by atoms with Crippen molar-refractivity contribution in [3.05, 3.63) is 23.2 Å². The normalized spacial score (nSPS) is 19.8. The summed E-state index contributed by atoms with van der Waals surface area (Å²) in [4.78, 5) is 0. The highest BCUT2D eigenvalue weighted by molar-refractivity contribution is 6.66. The van der Waals surface area contributed by atoms with Crippen molar-refractivity contribution in [1.82, 2.24) is 0 Å². The Morgan fingerprint density at radius 2 is 1.76 bits per heavy atom. The van der Waals surface area contributed by atoms with E-state index in [1.54, 1.807) is 0 Å². The third-order valence-electron chi connectivity index (χ3n) is 4.26. The van der Waals surface area contributed by atoms with Crippen LogP contribution in [-0.4, -0.2) is 24.9 Å². The predicted octanol–water partition coefficient (Wildman–Crippen LogP) is 3.82. The molecule has 1 aliphatic heterocycles. The highest BCUT2D eigenvalue weighted by Gasteiger charge is 2.52. The molecule has 1 aromatic carbocycles. The molecule has 1 heterocycles. The Bertz CT molecular complexity index is 486. The molecule has 3 nitrogen and oxygen atoms in total. The van der Waals surface area contributed by atoms with Crippen LogP contribution in [0.25, 0.3) is 0 Å². The van der Waals surface area contributed by atoms with Crippen LogP contribution in [0.3, 0.4) is 0 Å². The zero-order valence-electron chi connectivity index (χ0n) is 13.5. The summed E-state index contributed by atoms with van der Waals surface area (Å²) < 4.78 is 17.8. The van der Waals surface area contributed by atoms with Gasteiger partial charge in [-0.2, -0.15) is 0 Å². The summed E-state index contributed by atoms with van der Waals surface area (Å²) in [5, 5.41) is 0.576. The Morgan fingerprint density at radius 3 is 2.33 bits per heavy atom. The number of hydrogen-bond acceptors (Lipinski definition) is 3. The molecule has 1 fully saturated rings. The van der Waals surface area contributed by atoms with Gasteiger partial charge in [0.1, 0.15) is 5.75 Å². The van der Waals surface area contributed by atoms with Gasteiger partial charge in [-0.25, -0.2) is 0 Å². The van der Waals surface area contributed by atoms with Gasteiger partial charge in [0.15, 0.2) is 0 Å². The molecule has 0 atom stereocenters. The Hall–Kier alpha value is -0.705. The first-order chi connectivity index (χ1) is 9.78. The monoisotopic (exact) mass is 310 g/mol. The van der Waals surface area contributed by atoms with Crippen molar-refractivity contribution in [1.29, 1.82) is 0 Å². The number of hydrogen-bond donors (Lipinski definition) is 0. The third kappa shape index (κ3) is 3.38. The quantitative estimate of drug-likeness (QED) is 0.611. The van der Waals surface area contributed by atoms with Crippen molar-refractivity contribution in [3.63, 3.8) is 0 Å². The van der Waals surface area contributed by atoms with E-state index in [0.717, 1.165) is 18.3 Å². The second-order valence-corrected chi connectivity index (χ2v) is 6.83. The van der Waals surface area contributed by atoms with Gasteiger partial charge in [-0.1, -0.05) is 37.1 Å². The highest BCUT2D eigenvalue weighted by atomic mass is 35.5. The third-order valence-corrected chi connectivity index (χ3v) is 4.66. The molecule has 21 heavy (non-hydrogen) atoms. The summed E-state index contributed by atoms with van der Waals surface area (Å²) in [5.74, 6) is 0.692. The molecule has 116 valence electrons. The fourth-order valence-corrected chi connectivity index (χ4v) is 2.39. The van der Waals surface area contributed by atoms with Crippen LogP contribution < -0.4 is 10.2 Å². The van der Waals surface area contributed by atoms with Gasteiger partial charge in [0.2, 0.25) is 0 Å². The van der Waals surface area contributed by atoms with E-state index < -0.39 is 7.12 Å². The van der Waals surface area contributed by atoms with Gasteiger partial charge in [-0.05, 0) is 40.2 Å². The van der Waals surface area contributed by atoms with E-state index in [9.17, 15) is 0 Å². The maximum Gasteiger partial charge on any atom is 0.496 e. The molecule has 0 bridgehead atoms. The Kier molecular flexibility index (Phi) is 4.91. The first-order valence-electron chi connectivity index (χ1n) is 7.55. The van der Waals surface area contributed by atoms with Crippen molar-refractivity contribution in [2.24, 2.45) is 0 Å². The van der Waals surface area contributed by atoms with Crippen LogP contribution in [0.15, 0.2) is 18.2 Å². The zero-order valence-corrected chi connectivity index (χ0v) is 14.3. The standard InChI is InChI=1S/C16H24BClO3/c1-6-7-11-19-13-10-8-9-12(14(13)18)17-20-15(2,3)16(4,5)21-17/h8-10H,6-7,11H2,1-5H3. The van der Waals surface area contributed by atoms with Gasteiger partial charge in [0.05, 0.1) is 22.8 Å². The second-order valence-electron chi connectivity index (χ2n) is 6.45. The number of benzene rings is 1. The van der Waals surface area contributed by atoms with Crippen LogP contribution in [0, 0.1) is 0 Å². The first-order valence-corrected chi connectivity index (χ1v) is 7.93. The summed E-state index contributed by atoms with van der Waals surface area (Å²) in [6, 6.07) is 5.73. The lowest BCUT2D eigenvalue weighted by atomic mass is 9.79. The van der Waals surface area contributed by atoms with E-state index in [1.165, 1.54) is 0 Å². The summed E-state index contributed by atoms with van der Waals surface area (Å²) in [5.41, 5.74) is 0.0736. The average Bonchev–Trinajstić information content (AvgIpc) is 2.60. The fourth-order valence-electron chi connectivity index (χ4n) is 2.12. The van der Waals surface area contributed by atoms with Gasteiger partial charge < -0.3 is 14.0 Å². The number of rotatable bonds is 5. The van der Waals surface area contributed by atoms with Gasteiger partial charge >= 0.3 is 7.12 Å². The zero-order chi connectivity index (χ0) is 15.7. The maximum absolute atomic E-state index is 6.47. The molecule has 0 amide bonds. The lowest BCUT2D eigenvalue weighted by Gasteiger charge is -2.32. The van der Waals surface area contributed by atoms with Crippen LogP contribution in [0.2, 0.25) is 5.02 Å². The van der Waals surface area contributed by atoms with Crippen LogP contribution in [-0.2, 0) is 9.31 Å². The fraction of sp³-hybridized carbons (Fsp3) is 0.625. The molecule has 1 aliphatic rings. The van der Waals surface area contributed by atoms with Crippen molar-refractivity contribution in [2.45, 2.75) is 58.7 Å². The predicted molar refractivity (Wildman–Crippen MR) is 87.6 cm³/mol. The molecule has 1 saturated heterocycles. The average molecular weight is 311 g/mol. The minimum atomic E-state index is -0.461. The topological polar surface area (TPSA) is 27.7 Å². The molecule has 0 aliphatic carbocycles. The van der Waals surface area contributed by atoms with E-state index in [0.29, 0.717) is 17.4 Å².